The fraction of sp³-hybridized carbons (Fsp3) is 0.136. The van der Waals surface area contributed by atoms with Gasteiger partial charge in [0.05, 0.1) is 11.6 Å². The van der Waals surface area contributed by atoms with E-state index in [-0.39, 0.29) is 5.41 Å². The van der Waals surface area contributed by atoms with Crippen molar-refractivity contribution in [3.8, 4) is 51.4 Å². The number of furan rings is 1. The average Bonchev–Trinajstić information content (AvgIpc) is 3.67. The number of rotatable bonds is 3. The minimum atomic E-state index is -0.185. The van der Waals surface area contributed by atoms with Gasteiger partial charge in [0.2, 0.25) is 0 Å². The Hall–Kier alpha value is -6.12. The molecule has 5 nitrogen and oxygen atoms in total. The summed E-state index contributed by atoms with van der Waals surface area (Å²) < 4.78 is 6.29. The van der Waals surface area contributed by atoms with E-state index in [1.54, 1.807) is 0 Å². The fourth-order valence-electron chi connectivity index (χ4n) is 8.48. The van der Waals surface area contributed by atoms with Crippen molar-refractivity contribution >= 4 is 32.7 Å². The first-order valence-electron chi connectivity index (χ1n) is 17.0. The third kappa shape index (κ3) is 4.27. The number of hydrogen-bond donors (Lipinski definition) is 0. The predicted molar refractivity (Wildman–Crippen MR) is 195 cm³/mol. The lowest BCUT2D eigenvalue weighted by Gasteiger charge is -2.37. The van der Waals surface area contributed by atoms with Crippen molar-refractivity contribution in [3.63, 3.8) is 0 Å². The van der Waals surface area contributed by atoms with Gasteiger partial charge in [0.1, 0.15) is 11.2 Å². The molecule has 0 bridgehead atoms. The molecule has 0 aliphatic heterocycles. The molecule has 0 amide bonds. The molecule has 5 heteroatoms. The summed E-state index contributed by atoms with van der Waals surface area (Å²) in [5.41, 5.74) is 10.0. The van der Waals surface area contributed by atoms with E-state index in [2.05, 4.69) is 103 Å². The van der Waals surface area contributed by atoms with E-state index in [9.17, 15) is 5.26 Å². The van der Waals surface area contributed by atoms with Crippen LogP contribution in [0.1, 0.15) is 48.8 Å². The maximum atomic E-state index is 9.87. The van der Waals surface area contributed by atoms with E-state index in [0.29, 0.717) is 23.0 Å². The van der Waals surface area contributed by atoms with Crippen LogP contribution in [0, 0.1) is 11.3 Å². The zero-order valence-corrected chi connectivity index (χ0v) is 26.8. The normalized spacial score (nSPS) is 14.7. The molecule has 1 fully saturated rings. The van der Waals surface area contributed by atoms with Gasteiger partial charge < -0.3 is 4.42 Å². The van der Waals surface area contributed by atoms with Gasteiger partial charge in [-0.25, -0.2) is 15.0 Å². The number of benzene rings is 6. The number of nitrogens with zero attached hydrogens (tertiary/aromatic N) is 4. The van der Waals surface area contributed by atoms with Crippen LogP contribution in [0.3, 0.4) is 0 Å². The van der Waals surface area contributed by atoms with E-state index >= 15 is 0 Å². The van der Waals surface area contributed by atoms with E-state index in [1.165, 1.54) is 34.1 Å². The summed E-state index contributed by atoms with van der Waals surface area (Å²) >= 11 is 0. The van der Waals surface area contributed by atoms with Crippen LogP contribution in [0.15, 0.2) is 126 Å². The minimum absolute atomic E-state index is 0.185. The van der Waals surface area contributed by atoms with Gasteiger partial charge in [0.25, 0.3) is 0 Å². The van der Waals surface area contributed by atoms with Crippen LogP contribution in [-0.4, -0.2) is 15.0 Å². The summed E-state index contributed by atoms with van der Waals surface area (Å²) in [5.74, 6) is 1.90. The molecule has 2 aromatic heterocycles. The Morgan fingerprint density at radius 1 is 0.551 bits per heavy atom. The quantitative estimate of drug-likeness (QED) is 0.194. The van der Waals surface area contributed by atoms with Gasteiger partial charge in [-0.2, -0.15) is 5.26 Å². The second-order valence-electron chi connectivity index (χ2n) is 13.4. The fourth-order valence-corrected chi connectivity index (χ4v) is 8.48. The lowest BCUT2D eigenvalue weighted by atomic mass is 9.66. The molecule has 49 heavy (non-hydrogen) atoms. The number of para-hydroxylation sites is 1. The lowest BCUT2D eigenvalue weighted by molar-refractivity contribution is 0.353. The van der Waals surface area contributed by atoms with Crippen LogP contribution in [0.2, 0.25) is 0 Å². The van der Waals surface area contributed by atoms with Crippen molar-refractivity contribution in [2.24, 2.45) is 0 Å². The van der Waals surface area contributed by atoms with Gasteiger partial charge in [0, 0.05) is 32.9 Å². The number of nitriles is 1. The smallest absolute Gasteiger partial charge is 0.164 e. The maximum absolute atomic E-state index is 9.87. The largest absolute Gasteiger partial charge is 0.456 e. The molecule has 0 radical (unpaired) electrons. The zero-order valence-electron chi connectivity index (χ0n) is 26.8. The topological polar surface area (TPSA) is 75.6 Å². The standard InChI is InChI=1S/C44H30N4O/c45-26-27-15-19-32-35-12-8-13-36(40(35)44(37(32)23-27)21-6-1-7-22-44)43-47-41(30-17-16-28-9-2-3-10-29(28)24-30)46-42(48-43)31-18-20-34-33-11-4-5-14-38(33)49-39(34)25-31/h2-5,8-20,23-25H,1,6-7,21-22H2. The van der Waals surface area contributed by atoms with Crippen molar-refractivity contribution < 1.29 is 4.42 Å². The zero-order chi connectivity index (χ0) is 32.5. The highest BCUT2D eigenvalue weighted by molar-refractivity contribution is 6.05. The second-order valence-corrected chi connectivity index (χ2v) is 13.4. The van der Waals surface area contributed by atoms with Crippen LogP contribution < -0.4 is 0 Å². The predicted octanol–water partition coefficient (Wildman–Crippen LogP) is 11.0. The minimum Gasteiger partial charge on any atom is -0.456 e. The Balaban J connectivity index is 1.22. The van der Waals surface area contributed by atoms with E-state index < -0.39 is 0 Å². The van der Waals surface area contributed by atoms with E-state index in [4.69, 9.17) is 19.4 Å². The molecule has 0 saturated heterocycles. The average molecular weight is 631 g/mol. The Bertz CT molecular complexity index is 2670. The van der Waals surface area contributed by atoms with Gasteiger partial charge in [-0.05, 0) is 82.3 Å². The molecular weight excluding hydrogens is 601 g/mol. The van der Waals surface area contributed by atoms with Crippen molar-refractivity contribution in [1.29, 1.82) is 5.26 Å². The van der Waals surface area contributed by atoms with E-state index in [1.807, 2.05) is 24.3 Å². The Labute approximate surface area is 283 Å². The highest BCUT2D eigenvalue weighted by atomic mass is 16.3. The van der Waals surface area contributed by atoms with Gasteiger partial charge in [-0.15, -0.1) is 0 Å². The summed E-state index contributed by atoms with van der Waals surface area (Å²) in [7, 11) is 0. The number of fused-ring (bicyclic) bond motifs is 9. The molecule has 10 rings (SSSR count). The number of hydrogen-bond acceptors (Lipinski definition) is 5. The summed E-state index contributed by atoms with van der Waals surface area (Å²) in [6.45, 7) is 0. The van der Waals surface area contributed by atoms with E-state index in [0.717, 1.165) is 69.7 Å². The third-order valence-corrected chi connectivity index (χ3v) is 10.7. The molecule has 232 valence electrons. The maximum Gasteiger partial charge on any atom is 0.164 e. The molecule has 2 aliphatic rings. The van der Waals surface area contributed by atoms with Crippen LogP contribution in [-0.2, 0) is 5.41 Å². The molecule has 2 heterocycles. The van der Waals surface area contributed by atoms with Crippen molar-refractivity contribution in [1.82, 2.24) is 15.0 Å². The highest BCUT2D eigenvalue weighted by Gasteiger charge is 2.45. The van der Waals surface area contributed by atoms with Crippen LogP contribution in [0.25, 0.3) is 78.0 Å². The summed E-state index contributed by atoms with van der Waals surface area (Å²) in [6, 6.07) is 44.3. The summed E-state index contributed by atoms with van der Waals surface area (Å²) in [6.07, 6.45) is 5.59. The first-order valence-corrected chi connectivity index (χ1v) is 17.0. The molecule has 0 N–H and O–H groups in total. The third-order valence-electron chi connectivity index (χ3n) is 10.7. The van der Waals surface area contributed by atoms with Gasteiger partial charge in [0.15, 0.2) is 17.5 Å². The molecule has 8 aromatic rings. The first-order chi connectivity index (χ1) is 24.2. The Morgan fingerprint density at radius 2 is 1.27 bits per heavy atom. The van der Waals surface area contributed by atoms with Gasteiger partial charge in [-0.3, -0.25) is 0 Å². The summed E-state index contributed by atoms with van der Waals surface area (Å²) in [5, 5.41) is 14.3. The molecule has 6 aromatic carbocycles. The molecule has 0 atom stereocenters. The van der Waals surface area contributed by atoms with Gasteiger partial charge in [-0.1, -0.05) is 104 Å². The van der Waals surface area contributed by atoms with Crippen LogP contribution >= 0.6 is 0 Å². The molecule has 0 unspecified atom stereocenters. The lowest BCUT2D eigenvalue weighted by Crippen LogP contribution is -2.29. The first kappa shape index (κ1) is 27.9. The second kappa shape index (κ2) is 10.7. The Morgan fingerprint density at radius 3 is 2.12 bits per heavy atom. The molecule has 2 aliphatic carbocycles. The van der Waals surface area contributed by atoms with Crippen LogP contribution in [0.4, 0.5) is 0 Å². The van der Waals surface area contributed by atoms with Crippen molar-refractivity contribution in [2.75, 3.05) is 0 Å². The summed E-state index contributed by atoms with van der Waals surface area (Å²) in [4.78, 5) is 15.6. The van der Waals surface area contributed by atoms with Crippen molar-refractivity contribution in [3.05, 3.63) is 138 Å². The Kier molecular flexibility index (Phi) is 6.10. The van der Waals surface area contributed by atoms with Crippen LogP contribution in [0.5, 0.6) is 0 Å². The van der Waals surface area contributed by atoms with Gasteiger partial charge >= 0.3 is 0 Å². The monoisotopic (exact) mass is 630 g/mol. The SMILES string of the molecule is N#Cc1ccc2c(c1)C1(CCCCC1)c1c(-c3nc(-c4ccc5ccccc5c4)nc(-c4ccc5c(c4)oc4ccccc45)n3)cccc1-2. The molecule has 1 saturated carbocycles. The highest BCUT2D eigenvalue weighted by Crippen LogP contribution is 2.58. The van der Waals surface area contributed by atoms with Crippen molar-refractivity contribution in [2.45, 2.75) is 37.5 Å². The number of aromatic nitrogens is 3. The molecular formula is C44H30N4O. The molecule has 1 spiro atoms.